The largest absolute Gasteiger partial charge is 0.323 e. The van der Waals surface area contributed by atoms with Crippen molar-refractivity contribution in [3.8, 4) is 0 Å². The third-order valence-electron chi connectivity index (χ3n) is 5.70. The van der Waals surface area contributed by atoms with Gasteiger partial charge in [0.25, 0.3) is 0 Å². The average molecular weight is 408 g/mol. The zero-order chi connectivity index (χ0) is 20.3. The van der Waals surface area contributed by atoms with Gasteiger partial charge in [0.2, 0.25) is 10.0 Å². The fourth-order valence-electron chi connectivity index (χ4n) is 4.12. The maximum absolute atomic E-state index is 13.0. The molecule has 0 amide bonds. The van der Waals surface area contributed by atoms with Crippen molar-refractivity contribution < 1.29 is 13.3 Å². The SMILES string of the molecule is Cc1ccc(S(=O)(=O)N2CC[NH+](C(c3ccccc3)c3ccccc3)CC2)cc1. The molecular formula is C24H27N2O2S+. The molecule has 3 aromatic rings. The Morgan fingerprint density at radius 3 is 1.72 bits per heavy atom. The van der Waals surface area contributed by atoms with Gasteiger partial charge in [-0.1, -0.05) is 78.4 Å². The number of piperazine rings is 1. The second-order valence-corrected chi connectivity index (χ2v) is 9.57. The Hall–Kier alpha value is -2.47. The molecule has 1 N–H and O–H groups in total. The first-order chi connectivity index (χ1) is 14.1. The van der Waals surface area contributed by atoms with Crippen molar-refractivity contribution in [2.75, 3.05) is 26.2 Å². The van der Waals surface area contributed by atoms with Crippen LogP contribution in [-0.2, 0) is 10.0 Å². The van der Waals surface area contributed by atoms with Crippen molar-refractivity contribution >= 4 is 10.0 Å². The topological polar surface area (TPSA) is 41.8 Å². The molecule has 3 aromatic carbocycles. The first-order valence-electron chi connectivity index (χ1n) is 10.1. The van der Waals surface area contributed by atoms with E-state index in [4.69, 9.17) is 0 Å². The van der Waals surface area contributed by atoms with Crippen LogP contribution in [0.4, 0.5) is 0 Å². The highest BCUT2D eigenvalue weighted by Gasteiger charge is 2.34. The van der Waals surface area contributed by atoms with E-state index in [0.29, 0.717) is 18.0 Å². The van der Waals surface area contributed by atoms with E-state index in [0.717, 1.165) is 18.7 Å². The molecule has 1 aliphatic rings. The van der Waals surface area contributed by atoms with Crippen molar-refractivity contribution in [2.45, 2.75) is 17.9 Å². The second kappa shape index (κ2) is 8.49. The van der Waals surface area contributed by atoms with Crippen LogP contribution in [0.25, 0.3) is 0 Å². The van der Waals surface area contributed by atoms with E-state index in [1.54, 1.807) is 16.4 Å². The number of hydrogen-bond donors (Lipinski definition) is 1. The zero-order valence-electron chi connectivity index (χ0n) is 16.7. The molecule has 0 bridgehead atoms. The van der Waals surface area contributed by atoms with Gasteiger partial charge >= 0.3 is 0 Å². The van der Waals surface area contributed by atoms with Crippen LogP contribution in [0, 0.1) is 6.92 Å². The quantitative estimate of drug-likeness (QED) is 0.707. The fourth-order valence-corrected chi connectivity index (χ4v) is 5.56. The zero-order valence-corrected chi connectivity index (χ0v) is 17.5. The standard InChI is InChI=1S/C24H26N2O2S/c1-20-12-14-23(15-13-20)29(27,28)26-18-16-25(17-19-26)24(21-8-4-2-5-9-21)22-10-6-3-7-11-22/h2-15,24H,16-19H2,1H3/p+1. The van der Waals surface area contributed by atoms with Crippen LogP contribution >= 0.6 is 0 Å². The number of nitrogens with one attached hydrogen (secondary N) is 1. The monoisotopic (exact) mass is 407 g/mol. The number of benzene rings is 3. The Balaban J connectivity index is 1.55. The molecule has 0 atom stereocenters. The minimum absolute atomic E-state index is 0.210. The third-order valence-corrected chi connectivity index (χ3v) is 7.61. The van der Waals surface area contributed by atoms with E-state index in [-0.39, 0.29) is 6.04 Å². The molecule has 1 fully saturated rings. The van der Waals surface area contributed by atoms with E-state index < -0.39 is 10.0 Å². The summed E-state index contributed by atoms with van der Waals surface area (Å²) >= 11 is 0. The van der Waals surface area contributed by atoms with Crippen LogP contribution in [-0.4, -0.2) is 38.9 Å². The van der Waals surface area contributed by atoms with Gasteiger partial charge in [-0.25, -0.2) is 8.42 Å². The second-order valence-electron chi connectivity index (χ2n) is 7.63. The number of sulfonamides is 1. The highest BCUT2D eigenvalue weighted by Crippen LogP contribution is 2.21. The van der Waals surface area contributed by atoms with Crippen LogP contribution in [0.5, 0.6) is 0 Å². The summed E-state index contributed by atoms with van der Waals surface area (Å²) in [6.45, 7) is 4.58. The van der Waals surface area contributed by atoms with Crippen LogP contribution < -0.4 is 4.90 Å². The lowest BCUT2D eigenvalue weighted by atomic mass is 9.96. The molecule has 29 heavy (non-hydrogen) atoms. The summed E-state index contributed by atoms with van der Waals surface area (Å²) in [6.07, 6.45) is 0. The lowest BCUT2D eigenvalue weighted by Crippen LogP contribution is -3.15. The van der Waals surface area contributed by atoms with Crippen molar-refractivity contribution in [3.63, 3.8) is 0 Å². The maximum atomic E-state index is 13.0. The summed E-state index contributed by atoms with van der Waals surface area (Å²) in [5.41, 5.74) is 3.60. The molecule has 0 aromatic heterocycles. The Kier molecular flexibility index (Phi) is 5.81. The van der Waals surface area contributed by atoms with Crippen LogP contribution in [0.3, 0.4) is 0 Å². The first-order valence-corrected chi connectivity index (χ1v) is 11.5. The summed E-state index contributed by atoms with van der Waals surface area (Å²) in [5.74, 6) is 0. The van der Waals surface area contributed by atoms with E-state index >= 15 is 0 Å². The molecule has 0 saturated carbocycles. The van der Waals surface area contributed by atoms with Crippen molar-refractivity contribution in [1.29, 1.82) is 0 Å². The summed E-state index contributed by atoms with van der Waals surface area (Å²) in [4.78, 5) is 1.78. The van der Waals surface area contributed by atoms with E-state index in [1.165, 1.54) is 16.0 Å². The van der Waals surface area contributed by atoms with Crippen LogP contribution in [0.2, 0.25) is 0 Å². The lowest BCUT2D eigenvalue weighted by Gasteiger charge is -2.36. The molecule has 5 heteroatoms. The lowest BCUT2D eigenvalue weighted by molar-refractivity contribution is -0.929. The minimum atomic E-state index is -3.44. The van der Waals surface area contributed by atoms with Gasteiger partial charge in [-0.2, -0.15) is 4.31 Å². The third kappa shape index (κ3) is 4.27. The predicted octanol–water partition coefficient (Wildman–Crippen LogP) is 2.67. The van der Waals surface area contributed by atoms with Gasteiger partial charge in [0, 0.05) is 11.1 Å². The minimum Gasteiger partial charge on any atom is -0.323 e. The Morgan fingerprint density at radius 2 is 1.24 bits per heavy atom. The molecule has 150 valence electrons. The Morgan fingerprint density at radius 1 is 0.759 bits per heavy atom. The first kappa shape index (κ1) is 19.8. The van der Waals surface area contributed by atoms with Gasteiger partial charge in [-0.3, -0.25) is 0 Å². The van der Waals surface area contributed by atoms with Gasteiger partial charge in [-0.05, 0) is 19.1 Å². The molecule has 1 saturated heterocycles. The molecule has 1 aliphatic heterocycles. The number of rotatable bonds is 5. The number of nitrogens with zero attached hydrogens (tertiary/aromatic N) is 1. The van der Waals surface area contributed by atoms with E-state index in [9.17, 15) is 8.42 Å². The maximum Gasteiger partial charge on any atom is 0.243 e. The van der Waals surface area contributed by atoms with Crippen molar-refractivity contribution in [2.24, 2.45) is 0 Å². The van der Waals surface area contributed by atoms with E-state index in [2.05, 4.69) is 48.5 Å². The highest BCUT2D eigenvalue weighted by molar-refractivity contribution is 7.89. The predicted molar refractivity (Wildman–Crippen MR) is 115 cm³/mol. The van der Waals surface area contributed by atoms with Crippen molar-refractivity contribution in [3.05, 3.63) is 102 Å². The molecule has 4 rings (SSSR count). The average Bonchev–Trinajstić information content (AvgIpc) is 2.76. The van der Waals surface area contributed by atoms with E-state index in [1.807, 2.05) is 31.2 Å². The van der Waals surface area contributed by atoms with Gasteiger partial charge < -0.3 is 4.90 Å². The molecule has 0 unspecified atom stereocenters. The summed E-state index contributed by atoms with van der Waals surface area (Å²) in [7, 11) is -3.44. The van der Waals surface area contributed by atoms with Crippen LogP contribution in [0.15, 0.2) is 89.8 Å². The van der Waals surface area contributed by atoms with Crippen LogP contribution in [0.1, 0.15) is 22.7 Å². The number of quaternary nitrogens is 1. The van der Waals surface area contributed by atoms with Gasteiger partial charge in [0.1, 0.15) is 6.04 Å². The molecule has 0 aliphatic carbocycles. The highest BCUT2D eigenvalue weighted by atomic mass is 32.2. The van der Waals surface area contributed by atoms with Crippen molar-refractivity contribution in [1.82, 2.24) is 4.31 Å². The molecule has 0 radical (unpaired) electrons. The molecule has 4 nitrogen and oxygen atoms in total. The molecule has 0 spiro atoms. The summed E-state index contributed by atoms with van der Waals surface area (Å²) in [6, 6.07) is 28.4. The van der Waals surface area contributed by atoms with Gasteiger partial charge in [0.05, 0.1) is 31.1 Å². The Bertz CT molecular complexity index is 988. The van der Waals surface area contributed by atoms with Gasteiger partial charge in [-0.15, -0.1) is 0 Å². The smallest absolute Gasteiger partial charge is 0.243 e. The summed E-state index contributed by atoms with van der Waals surface area (Å²) in [5, 5.41) is 0. The number of hydrogen-bond acceptors (Lipinski definition) is 2. The molecule has 1 heterocycles. The normalized spacial score (nSPS) is 16.2. The number of aryl methyl sites for hydroxylation is 1. The molecular weight excluding hydrogens is 380 g/mol. The summed E-state index contributed by atoms with van der Waals surface area (Å²) < 4.78 is 27.7. The fraction of sp³-hybridized carbons (Fsp3) is 0.250. The Labute approximate surface area is 173 Å². The van der Waals surface area contributed by atoms with Gasteiger partial charge in [0.15, 0.2) is 0 Å².